The fourth-order valence-electron chi connectivity index (χ4n) is 7.51. The lowest BCUT2D eigenvalue weighted by Crippen LogP contribution is -2.15. The topological polar surface area (TPSA) is 62.5 Å². The summed E-state index contributed by atoms with van der Waals surface area (Å²) in [5.74, 6) is 1.91. The minimum absolute atomic E-state index is 0.201. The normalized spacial score (nSPS) is 12.6. The van der Waals surface area contributed by atoms with Crippen molar-refractivity contribution in [1.29, 1.82) is 5.26 Å². The number of hydrogen-bond donors (Lipinski definition) is 0. The van der Waals surface area contributed by atoms with Gasteiger partial charge in [-0.2, -0.15) is 5.26 Å². The molecule has 0 N–H and O–H groups in total. The van der Waals surface area contributed by atoms with Crippen LogP contribution in [-0.4, -0.2) is 15.0 Å². The van der Waals surface area contributed by atoms with E-state index >= 15 is 0 Å². The van der Waals surface area contributed by atoms with Crippen LogP contribution in [0, 0.1) is 11.3 Å². The third kappa shape index (κ3) is 5.19. The molecule has 0 saturated heterocycles. The minimum Gasteiger partial charge on any atom is -0.208 e. The van der Waals surface area contributed by atoms with E-state index in [2.05, 4.69) is 105 Å². The highest BCUT2D eigenvalue weighted by molar-refractivity contribution is 6.03. The zero-order valence-corrected chi connectivity index (χ0v) is 28.3. The number of fused-ring (bicyclic) bond motifs is 4. The smallest absolute Gasteiger partial charge is 0.164 e. The van der Waals surface area contributed by atoms with Gasteiger partial charge in [0.05, 0.1) is 11.6 Å². The molecule has 51 heavy (non-hydrogen) atoms. The summed E-state index contributed by atoms with van der Waals surface area (Å²) in [5.41, 5.74) is 12.7. The molecule has 0 spiro atoms. The van der Waals surface area contributed by atoms with Gasteiger partial charge in [0.2, 0.25) is 0 Å². The molecule has 0 fully saturated rings. The van der Waals surface area contributed by atoms with Crippen molar-refractivity contribution >= 4 is 10.8 Å². The van der Waals surface area contributed by atoms with Crippen molar-refractivity contribution < 1.29 is 0 Å². The first-order chi connectivity index (χ1) is 25.0. The van der Waals surface area contributed by atoms with Gasteiger partial charge in [-0.1, -0.05) is 147 Å². The number of nitrogens with zero attached hydrogens (tertiary/aromatic N) is 4. The van der Waals surface area contributed by atoms with E-state index < -0.39 is 0 Å². The number of benzene rings is 7. The summed E-state index contributed by atoms with van der Waals surface area (Å²) in [5, 5.41) is 11.8. The van der Waals surface area contributed by atoms with Gasteiger partial charge in [-0.3, -0.25) is 0 Å². The average molecular weight is 653 g/mol. The standard InChI is InChI=1S/C47H32N4/c1-47(2)41-27-30(29-48)17-24-38(41)39-25-23-36(28-42(39)47)31-18-20-33(21-19-31)43-37-16-10-9-11-32(37)22-26-40(43)46-50-44(34-12-5-3-6-13-34)49-45(51-46)35-14-7-4-8-15-35/h3-28H,1-2H3. The van der Waals surface area contributed by atoms with Gasteiger partial charge >= 0.3 is 0 Å². The second-order valence-corrected chi connectivity index (χ2v) is 13.6. The van der Waals surface area contributed by atoms with Gasteiger partial charge in [-0.15, -0.1) is 0 Å². The molecule has 7 aromatic carbocycles. The largest absolute Gasteiger partial charge is 0.208 e. The molecule has 1 aliphatic carbocycles. The highest BCUT2D eigenvalue weighted by Gasteiger charge is 2.35. The van der Waals surface area contributed by atoms with Crippen LogP contribution in [0.1, 0.15) is 30.5 Å². The lowest BCUT2D eigenvalue weighted by molar-refractivity contribution is 0.660. The quantitative estimate of drug-likeness (QED) is 0.186. The van der Waals surface area contributed by atoms with Gasteiger partial charge in [0, 0.05) is 27.7 Å². The Morgan fingerprint density at radius 2 is 0.980 bits per heavy atom. The molecule has 4 heteroatoms. The van der Waals surface area contributed by atoms with Crippen LogP contribution in [0.4, 0.5) is 0 Å². The van der Waals surface area contributed by atoms with Crippen LogP contribution in [0.15, 0.2) is 158 Å². The summed E-state index contributed by atoms with van der Waals surface area (Å²) in [4.78, 5) is 15.1. The third-order valence-corrected chi connectivity index (χ3v) is 10.2. The number of aromatic nitrogens is 3. The molecule has 8 aromatic rings. The molecule has 0 aliphatic heterocycles. The molecule has 0 saturated carbocycles. The Morgan fingerprint density at radius 1 is 0.451 bits per heavy atom. The van der Waals surface area contributed by atoms with Crippen LogP contribution in [-0.2, 0) is 5.41 Å². The van der Waals surface area contributed by atoms with Crippen molar-refractivity contribution in [3.8, 4) is 73.6 Å². The predicted octanol–water partition coefficient (Wildman–Crippen LogP) is 11.5. The van der Waals surface area contributed by atoms with Gasteiger partial charge in [0.25, 0.3) is 0 Å². The number of rotatable bonds is 5. The molecule has 1 heterocycles. The molecular formula is C47H32N4. The molecule has 9 rings (SSSR count). The third-order valence-electron chi connectivity index (χ3n) is 10.2. The molecule has 0 radical (unpaired) electrons. The molecule has 4 nitrogen and oxygen atoms in total. The highest BCUT2D eigenvalue weighted by atomic mass is 15.0. The van der Waals surface area contributed by atoms with Crippen molar-refractivity contribution in [2.45, 2.75) is 19.3 Å². The fourth-order valence-corrected chi connectivity index (χ4v) is 7.51. The molecule has 1 aromatic heterocycles. The van der Waals surface area contributed by atoms with E-state index in [1.165, 1.54) is 22.3 Å². The Labute approximate surface area is 297 Å². The van der Waals surface area contributed by atoms with Crippen molar-refractivity contribution in [2.24, 2.45) is 0 Å². The van der Waals surface area contributed by atoms with E-state index in [1.807, 2.05) is 72.8 Å². The number of hydrogen-bond acceptors (Lipinski definition) is 4. The van der Waals surface area contributed by atoms with Crippen LogP contribution in [0.5, 0.6) is 0 Å². The molecule has 0 amide bonds. The Morgan fingerprint density at radius 3 is 1.65 bits per heavy atom. The van der Waals surface area contributed by atoms with Crippen LogP contribution < -0.4 is 0 Å². The Bertz CT molecular complexity index is 2600. The zero-order chi connectivity index (χ0) is 34.5. The molecular weight excluding hydrogens is 621 g/mol. The second-order valence-electron chi connectivity index (χ2n) is 13.6. The van der Waals surface area contributed by atoms with Crippen LogP contribution >= 0.6 is 0 Å². The van der Waals surface area contributed by atoms with Crippen LogP contribution in [0.2, 0.25) is 0 Å². The first-order valence-corrected chi connectivity index (χ1v) is 17.2. The SMILES string of the molecule is CC1(C)c2cc(C#N)ccc2-c2ccc(-c3ccc(-c4c(-c5nc(-c6ccccc6)nc(-c6ccccc6)n5)ccc5ccccc45)cc3)cc21. The maximum atomic E-state index is 9.55. The van der Waals surface area contributed by atoms with E-state index in [-0.39, 0.29) is 5.41 Å². The van der Waals surface area contributed by atoms with E-state index in [4.69, 9.17) is 15.0 Å². The summed E-state index contributed by atoms with van der Waals surface area (Å²) in [7, 11) is 0. The number of nitriles is 1. The molecule has 1 aliphatic rings. The van der Waals surface area contributed by atoms with E-state index in [0.29, 0.717) is 23.0 Å². The summed E-state index contributed by atoms with van der Waals surface area (Å²) < 4.78 is 0. The fraction of sp³-hybridized carbons (Fsp3) is 0.0638. The van der Waals surface area contributed by atoms with Gasteiger partial charge in [-0.25, -0.2) is 15.0 Å². The van der Waals surface area contributed by atoms with Gasteiger partial charge in [-0.05, 0) is 74.0 Å². The predicted molar refractivity (Wildman–Crippen MR) is 207 cm³/mol. The Balaban J connectivity index is 1.17. The molecule has 0 atom stereocenters. The van der Waals surface area contributed by atoms with Crippen molar-refractivity contribution in [3.63, 3.8) is 0 Å². The Hall–Kier alpha value is -6.70. The monoisotopic (exact) mass is 652 g/mol. The molecule has 240 valence electrons. The minimum atomic E-state index is -0.201. The highest BCUT2D eigenvalue weighted by Crippen LogP contribution is 2.50. The summed E-state index contributed by atoms with van der Waals surface area (Å²) in [6, 6.07) is 57.0. The summed E-state index contributed by atoms with van der Waals surface area (Å²) in [6.07, 6.45) is 0. The average Bonchev–Trinajstić information content (AvgIpc) is 3.42. The van der Waals surface area contributed by atoms with E-state index in [1.54, 1.807) is 0 Å². The zero-order valence-electron chi connectivity index (χ0n) is 28.3. The molecule has 0 unspecified atom stereocenters. The lowest BCUT2D eigenvalue weighted by atomic mass is 9.81. The first-order valence-electron chi connectivity index (χ1n) is 17.2. The van der Waals surface area contributed by atoms with Gasteiger partial charge in [0.1, 0.15) is 0 Å². The van der Waals surface area contributed by atoms with Crippen LogP contribution in [0.25, 0.3) is 78.3 Å². The van der Waals surface area contributed by atoms with E-state index in [0.717, 1.165) is 49.7 Å². The van der Waals surface area contributed by atoms with E-state index in [9.17, 15) is 5.26 Å². The van der Waals surface area contributed by atoms with Crippen molar-refractivity contribution in [2.75, 3.05) is 0 Å². The maximum absolute atomic E-state index is 9.55. The van der Waals surface area contributed by atoms with Gasteiger partial charge < -0.3 is 0 Å². The molecule has 0 bridgehead atoms. The van der Waals surface area contributed by atoms with Crippen LogP contribution in [0.3, 0.4) is 0 Å². The second kappa shape index (κ2) is 12.0. The first kappa shape index (κ1) is 30.4. The van der Waals surface area contributed by atoms with Crippen molar-refractivity contribution in [1.82, 2.24) is 15.0 Å². The summed E-state index contributed by atoms with van der Waals surface area (Å²) in [6.45, 7) is 4.50. The summed E-state index contributed by atoms with van der Waals surface area (Å²) >= 11 is 0. The van der Waals surface area contributed by atoms with Crippen molar-refractivity contribution in [3.05, 3.63) is 174 Å². The van der Waals surface area contributed by atoms with Gasteiger partial charge in [0.15, 0.2) is 17.5 Å². The maximum Gasteiger partial charge on any atom is 0.164 e. The Kier molecular flexibility index (Phi) is 7.15. The lowest BCUT2D eigenvalue weighted by Gasteiger charge is -2.22.